The molecule has 3 atom stereocenters. The number of ether oxygens (including phenoxy) is 5. The highest BCUT2D eigenvalue weighted by Crippen LogP contribution is 2.52. The van der Waals surface area contributed by atoms with Crippen molar-refractivity contribution in [3.63, 3.8) is 0 Å². The Bertz CT molecular complexity index is 1930. The van der Waals surface area contributed by atoms with E-state index in [1.54, 1.807) is 0 Å². The predicted octanol–water partition coefficient (Wildman–Crippen LogP) is 5.20. The molecule has 57 heavy (non-hydrogen) atoms. The molecule has 2 aliphatic heterocycles. The maximum Gasteiger partial charge on any atom is 0.407 e. The fourth-order valence-electron chi connectivity index (χ4n) is 8.95. The quantitative estimate of drug-likeness (QED) is 0.122. The first-order valence-corrected chi connectivity index (χ1v) is 23.3. The van der Waals surface area contributed by atoms with Gasteiger partial charge in [0, 0.05) is 65.5 Å². The lowest BCUT2D eigenvalue weighted by atomic mass is 9.79. The van der Waals surface area contributed by atoms with Crippen molar-refractivity contribution in [1.29, 1.82) is 0 Å². The van der Waals surface area contributed by atoms with E-state index in [1.807, 2.05) is 6.07 Å². The maximum absolute atomic E-state index is 12.5. The number of carbonyl (C=O) groups excluding carboxylic acids is 2. The molecule has 4 aliphatic rings. The molecule has 7 rings (SSSR count). The summed E-state index contributed by atoms with van der Waals surface area (Å²) in [6.07, 6.45) is 3.22. The highest BCUT2D eigenvalue weighted by Gasteiger charge is 2.53. The Morgan fingerprint density at radius 1 is 0.754 bits per heavy atom. The summed E-state index contributed by atoms with van der Waals surface area (Å²) in [6.45, 7) is 8.08. The third kappa shape index (κ3) is 8.67. The van der Waals surface area contributed by atoms with Gasteiger partial charge in [0.05, 0.1) is 39.6 Å². The number of rotatable bonds is 15. The van der Waals surface area contributed by atoms with Gasteiger partial charge in [-0.15, -0.1) is 11.8 Å². The number of fused-ring (bicyclic) bond motifs is 7. The minimum absolute atomic E-state index is 0.144. The van der Waals surface area contributed by atoms with Crippen molar-refractivity contribution >= 4 is 42.0 Å². The number of anilines is 2. The third-order valence-electron chi connectivity index (χ3n) is 12.2. The minimum atomic E-state index is -2.11. The first-order valence-electron chi connectivity index (χ1n) is 20.3. The largest absolute Gasteiger partial charge is 0.449 e. The average molecular weight is 795 g/mol. The Morgan fingerprint density at radius 2 is 1.30 bits per heavy atom. The standard InChI is InChI=1S/C45H58N4O7Si/c1-48(2)33-14-17-39-41(26-33)57(5,6)42-27-34(49(3)4)15-18-40(42)45(39)38-16-13-31(25-32(38)29-56-45)28-54-43(50)46-19-21-52-23-24-53-22-20-47-44(51)55-30-37-35-11-9-7-8-10-12-36(35)37/h13-18,25-27,35-37H,9-12,19-24,28-30H2,1-6H3,(H,46,50)(H,47,51)/t35-,36+,37?. The highest BCUT2D eigenvalue weighted by molar-refractivity contribution is 7.01. The van der Waals surface area contributed by atoms with Crippen LogP contribution in [-0.4, -0.2) is 94.6 Å². The van der Waals surface area contributed by atoms with Gasteiger partial charge in [0.15, 0.2) is 0 Å². The average Bonchev–Trinajstić information content (AvgIpc) is 3.68. The third-order valence-corrected chi connectivity index (χ3v) is 15.7. The van der Waals surface area contributed by atoms with E-state index in [0.717, 1.165) is 42.4 Å². The second-order valence-electron chi connectivity index (χ2n) is 16.5. The number of carbonyl (C=O) groups is 2. The van der Waals surface area contributed by atoms with Crippen LogP contribution < -0.4 is 30.8 Å². The van der Waals surface area contributed by atoms with E-state index in [0.29, 0.717) is 70.5 Å². The molecule has 3 aromatic carbocycles. The molecule has 0 aromatic heterocycles. The fourth-order valence-corrected chi connectivity index (χ4v) is 12.1. The Labute approximate surface area is 338 Å². The molecule has 11 nitrogen and oxygen atoms in total. The lowest BCUT2D eigenvalue weighted by molar-refractivity contribution is 0.0276. The smallest absolute Gasteiger partial charge is 0.407 e. The number of benzene rings is 3. The molecule has 12 heteroatoms. The molecule has 2 aliphatic carbocycles. The van der Waals surface area contributed by atoms with Gasteiger partial charge in [-0.05, 0) is 99.1 Å². The summed E-state index contributed by atoms with van der Waals surface area (Å²) in [5.74, 6) is 8.20. The van der Waals surface area contributed by atoms with Crippen molar-refractivity contribution in [2.24, 2.45) is 17.8 Å². The number of nitrogens with zero attached hydrogens (tertiary/aromatic N) is 2. The first-order chi connectivity index (χ1) is 27.5. The molecule has 304 valence electrons. The van der Waals surface area contributed by atoms with Crippen molar-refractivity contribution in [3.8, 4) is 11.8 Å². The summed E-state index contributed by atoms with van der Waals surface area (Å²) in [6, 6.07) is 20.0. The van der Waals surface area contributed by atoms with Gasteiger partial charge >= 0.3 is 12.2 Å². The van der Waals surface area contributed by atoms with Crippen LogP contribution in [0.4, 0.5) is 21.0 Å². The lowest BCUT2D eigenvalue weighted by Crippen LogP contribution is -2.63. The SMILES string of the molecule is CN(C)c1ccc2c(c1)[Si](C)(C)c1cc(N(C)C)ccc1C21OCc2cc(COC(=O)NCCOCCOCCNC(=O)OCC3[C@H]4CCC#CCC[C@@H]34)ccc21. The minimum Gasteiger partial charge on any atom is -0.449 e. The molecule has 0 saturated heterocycles. The molecule has 1 saturated carbocycles. The second-order valence-corrected chi connectivity index (χ2v) is 20.8. The zero-order chi connectivity index (χ0) is 40.2. The van der Waals surface area contributed by atoms with Crippen molar-refractivity contribution < 1.29 is 33.3 Å². The molecule has 2 N–H and O–H groups in total. The number of hydrogen-bond acceptors (Lipinski definition) is 9. The van der Waals surface area contributed by atoms with Crippen molar-refractivity contribution in [2.45, 2.75) is 57.6 Å². The van der Waals surface area contributed by atoms with Gasteiger partial charge in [-0.1, -0.05) is 37.4 Å². The molecule has 1 fully saturated rings. The lowest BCUT2D eigenvalue weighted by Gasteiger charge is -2.45. The molecule has 2 amide bonds. The van der Waals surface area contributed by atoms with Gasteiger partial charge in [0.1, 0.15) is 20.3 Å². The summed E-state index contributed by atoms with van der Waals surface area (Å²) >= 11 is 0. The van der Waals surface area contributed by atoms with E-state index < -0.39 is 25.9 Å². The van der Waals surface area contributed by atoms with Crippen LogP contribution in [0.3, 0.4) is 0 Å². The van der Waals surface area contributed by atoms with Crippen LogP contribution in [0.2, 0.25) is 13.1 Å². The molecule has 1 spiro atoms. The predicted molar refractivity (Wildman–Crippen MR) is 225 cm³/mol. The van der Waals surface area contributed by atoms with Crippen molar-refractivity contribution in [2.75, 3.05) is 84.1 Å². The molecule has 0 radical (unpaired) electrons. The number of hydrogen-bond donors (Lipinski definition) is 2. The molecule has 2 heterocycles. The summed E-state index contributed by atoms with van der Waals surface area (Å²) in [7, 11) is 6.25. The van der Waals surface area contributed by atoms with Gasteiger partial charge in [-0.3, -0.25) is 0 Å². The highest BCUT2D eigenvalue weighted by atomic mass is 28.3. The number of alkyl carbamates (subject to hydrolysis) is 2. The maximum atomic E-state index is 12.5. The summed E-state index contributed by atoms with van der Waals surface area (Å²) in [5.41, 5.74) is 7.25. The van der Waals surface area contributed by atoms with Crippen LogP contribution in [0, 0.1) is 29.6 Å². The fraction of sp³-hybridized carbons (Fsp3) is 0.511. The van der Waals surface area contributed by atoms with Crippen molar-refractivity contribution in [1.82, 2.24) is 10.6 Å². The topological polar surface area (TPSA) is 111 Å². The Morgan fingerprint density at radius 3 is 1.86 bits per heavy atom. The molecule has 3 aromatic rings. The Kier molecular flexibility index (Phi) is 12.5. The van der Waals surface area contributed by atoms with Crippen molar-refractivity contribution in [3.05, 3.63) is 82.4 Å². The molecule has 0 bridgehead atoms. The van der Waals surface area contributed by atoms with E-state index in [2.05, 4.69) is 122 Å². The van der Waals surface area contributed by atoms with Gasteiger partial charge in [-0.2, -0.15) is 0 Å². The van der Waals surface area contributed by atoms with Crippen LogP contribution in [0.5, 0.6) is 0 Å². The summed E-state index contributed by atoms with van der Waals surface area (Å²) in [5, 5.41) is 8.28. The Hall–Kier alpha value is -4.54. The van der Waals surface area contributed by atoms with Crippen LogP contribution >= 0.6 is 0 Å². The zero-order valence-corrected chi connectivity index (χ0v) is 35.4. The molecule has 1 unspecified atom stereocenters. The van der Waals surface area contributed by atoms with E-state index in [1.165, 1.54) is 32.9 Å². The van der Waals surface area contributed by atoms with Gasteiger partial charge in [0.25, 0.3) is 0 Å². The second kappa shape index (κ2) is 17.5. The normalized spacial score (nSPS) is 20.3. The molecular weight excluding hydrogens is 737 g/mol. The van der Waals surface area contributed by atoms with Crippen LogP contribution in [-0.2, 0) is 42.5 Å². The van der Waals surface area contributed by atoms with Crippen LogP contribution in [0.1, 0.15) is 53.5 Å². The van der Waals surface area contributed by atoms with E-state index in [9.17, 15) is 9.59 Å². The first kappa shape index (κ1) is 40.6. The van der Waals surface area contributed by atoms with E-state index in [4.69, 9.17) is 23.7 Å². The summed E-state index contributed by atoms with van der Waals surface area (Å²) < 4.78 is 29.1. The van der Waals surface area contributed by atoms with Crippen LogP contribution in [0.25, 0.3) is 0 Å². The van der Waals surface area contributed by atoms with E-state index in [-0.39, 0.29) is 6.61 Å². The summed E-state index contributed by atoms with van der Waals surface area (Å²) in [4.78, 5) is 28.9. The number of nitrogens with one attached hydrogen (secondary N) is 2. The van der Waals surface area contributed by atoms with E-state index >= 15 is 0 Å². The Balaban J connectivity index is 0.838. The van der Waals surface area contributed by atoms with Crippen LogP contribution in [0.15, 0.2) is 54.6 Å². The van der Waals surface area contributed by atoms with Gasteiger partial charge in [-0.25, -0.2) is 9.59 Å². The monoisotopic (exact) mass is 794 g/mol. The van der Waals surface area contributed by atoms with Gasteiger partial charge in [0.2, 0.25) is 0 Å². The molecular formula is C45H58N4O7Si. The van der Waals surface area contributed by atoms with Gasteiger partial charge < -0.3 is 44.1 Å². The number of amides is 2. The zero-order valence-electron chi connectivity index (χ0n) is 34.4.